The molecule has 0 aromatic heterocycles. The highest BCUT2D eigenvalue weighted by atomic mass is 79.9. The van der Waals surface area contributed by atoms with Crippen LogP contribution in [-0.2, 0) is 11.3 Å². The lowest BCUT2D eigenvalue weighted by molar-refractivity contribution is -0.117. The van der Waals surface area contributed by atoms with Crippen LogP contribution in [0.4, 0.5) is 11.4 Å². The molecule has 182 valence electrons. The van der Waals surface area contributed by atoms with Gasteiger partial charge in [0.2, 0.25) is 0 Å². The number of nitrogens with zero attached hydrogens (tertiary/aromatic N) is 1. The predicted molar refractivity (Wildman–Crippen MR) is 143 cm³/mol. The van der Waals surface area contributed by atoms with Crippen molar-refractivity contribution in [1.29, 1.82) is 5.26 Å². The molecule has 6 nitrogen and oxygen atoms in total. The number of nitrogen functional groups attached to an aromatic ring is 1. The molecule has 7 heteroatoms. The number of nitrogens with one attached hydrogen (secondary N) is 2. The van der Waals surface area contributed by atoms with Crippen LogP contribution >= 0.6 is 15.9 Å². The van der Waals surface area contributed by atoms with Gasteiger partial charge in [0.25, 0.3) is 0 Å². The summed E-state index contributed by atoms with van der Waals surface area (Å²) in [6.07, 6.45) is 3.43. The lowest BCUT2D eigenvalue weighted by Gasteiger charge is -2.35. The van der Waals surface area contributed by atoms with Crippen molar-refractivity contribution in [2.75, 3.05) is 18.2 Å². The van der Waals surface area contributed by atoms with Crippen LogP contribution in [0, 0.1) is 17.2 Å². The molecule has 2 unspecified atom stereocenters. The first-order chi connectivity index (χ1) is 16.9. The fourth-order valence-electron chi connectivity index (χ4n) is 5.19. The van der Waals surface area contributed by atoms with Crippen LogP contribution in [0.5, 0.6) is 5.75 Å². The molecule has 2 aliphatic rings. The minimum Gasteiger partial charge on any atom is -0.497 e. The minimum absolute atomic E-state index is 0.123. The number of nitriles is 1. The molecule has 0 radical (unpaired) electrons. The van der Waals surface area contributed by atoms with Crippen LogP contribution < -0.4 is 21.1 Å². The number of hydrogen-bond acceptors (Lipinski definition) is 6. The molecule has 0 spiro atoms. The number of hydrogen-bond donors (Lipinski definition) is 3. The smallest absolute Gasteiger partial charge is 0.161 e. The van der Waals surface area contributed by atoms with E-state index in [-0.39, 0.29) is 5.78 Å². The number of carbonyl (C=O) groups is 1. The SMILES string of the molecule is CCCC1CC(=O)C2=C(C1)NC(C)=C(C#N)C2c1cc(N)c(NCc2cccc(OC)c2)c(Br)c1. The van der Waals surface area contributed by atoms with Crippen LogP contribution in [0.1, 0.15) is 56.6 Å². The number of allylic oxidation sites excluding steroid dienone is 4. The Balaban J connectivity index is 1.67. The average Bonchev–Trinajstić information content (AvgIpc) is 2.82. The van der Waals surface area contributed by atoms with Gasteiger partial charge in [0.15, 0.2) is 5.78 Å². The second kappa shape index (κ2) is 10.6. The first-order valence-electron chi connectivity index (χ1n) is 12.0. The summed E-state index contributed by atoms with van der Waals surface area (Å²) in [5.41, 5.74) is 12.8. The molecule has 0 saturated carbocycles. The molecular weight excluding hydrogens is 504 g/mol. The fourth-order valence-corrected chi connectivity index (χ4v) is 5.82. The molecule has 1 aliphatic heterocycles. The normalized spacial score (nSPS) is 19.7. The number of ether oxygens (including phenoxy) is 1. The summed E-state index contributed by atoms with van der Waals surface area (Å²) >= 11 is 3.67. The van der Waals surface area contributed by atoms with Crippen molar-refractivity contribution in [2.24, 2.45) is 5.92 Å². The zero-order valence-corrected chi connectivity index (χ0v) is 22.0. The largest absolute Gasteiger partial charge is 0.497 e. The van der Waals surface area contributed by atoms with Gasteiger partial charge in [-0.05, 0) is 77.0 Å². The second-order valence-corrected chi connectivity index (χ2v) is 10.1. The van der Waals surface area contributed by atoms with Crippen molar-refractivity contribution in [1.82, 2.24) is 5.32 Å². The first-order valence-corrected chi connectivity index (χ1v) is 12.7. The van der Waals surface area contributed by atoms with Gasteiger partial charge >= 0.3 is 0 Å². The maximum absolute atomic E-state index is 13.3. The number of anilines is 2. The van der Waals surface area contributed by atoms with Crippen LogP contribution in [0.15, 0.2) is 63.4 Å². The van der Waals surface area contributed by atoms with E-state index in [1.54, 1.807) is 7.11 Å². The summed E-state index contributed by atoms with van der Waals surface area (Å²) in [6, 6.07) is 14.1. The molecule has 1 aliphatic carbocycles. The molecule has 4 N–H and O–H groups in total. The van der Waals surface area contributed by atoms with Gasteiger partial charge < -0.3 is 21.1 Å². The van der Waals surface area contributed by atoms with Crippen molar-refractivity contribution >= 4 is 33.1 Å². The summed E-state index contributed by atoms with van der Waals surface area (Å²) in [5.74, 6) is 0.844. The van der Waals surface area contributed by atoms with Crippen molar-refractivity contribution in [2.45, 2.75) is 52.0 Å². The summed E-state index contributed by atoms with van der Waals surface area (Å²) in [7, 11) is 1.65. The molecule has 0 fully saturated rings. The highest BCUT2D eigenvalue weighted by Gasteiger charge is 2.38. The quantitative estimate of drug-likeness (QED) is 0.367. The van der Waals surface area contributed by atoms with Crippen LogP contribution in [0.3, 0.4) is 0 Å². The Hall–Kier alpha value is -3.24. The van der Waals surface area contributed by atoms with E-state index < -0.39 is 5.92 Å². The number of carbonyl (C=O) groups excluding carboxylic acids is 1. The third-order valence-electron chi connectivity index (χ3n) is 6.81. The molecule has 0 saturated heterocycles. The van der Waals surface area contributed by atoms with Crippen molar-refractivity contribution < 1.29 is 9.53 Å². The van der Waals surface area contributed by atoms with Gasteiger partial charge in [-0.25, -0.2) is 0 Å². The number of dihydropyridines is 1. The van der Waals surface area contributed by atoms with Gasteiger partial charge in [-0.3, -0.25) is 4.79 Å². The van der Waals surface area contributed by atoms with E-state index in [4.69, 9.17) is 10.5 Å². The number of rotatable bonds is 7. The number of halogens is 1. The molecule has 2 atom stereocenters. The van der Waals surface area contributed by atoms with Gasteiger partial charge in [0.1, 0.15) is 5.75 Å². The third kappa shape index (κ3) is 5.08. The second-order valence-electron chi connectivity index (χ2n) is 9.26. The van der Waals surface area contributed by atoms with Crippen molar-refractivity contribution in [3.05, 3.63) is 74.5 Å². The number of ketones is 1. The Morgan fingerprint density at radius 2 is 2.09 bits per heavy atom. The van der Waals surface area contributed by atoms with E-state index in [0.717, 1.165) is 57.7 Å². The number of benzene rings is 2. The number of Topliss-reactive ketones (excluding diaryl/α,β-unsaturated/α-hetero) is 1. The summed E-state index contributed by atoms with van der Waals surface area (Å²) in [4.78, 5) is 13.3. The summed E-state index contributed by atoms with van der Waals surface area (Å²) < 4.78 is 6.10. The topological polar surface area (TPSA) is 100 Å². The van der Waals surface area contributed by atoms with E-state index in [1.165, 1.54) is 0 Å². The Labute approximate surface area is 215 Å². The number of nitrogens with two attached hydrogens (primary N) is 1. The molecule has 0 bridgehead atoms. The summed E-state index contributed by atoms with van der Waals surface area (Å²) in [5, 5.41) is 16.8. The van der Waals surface area contributed by atoms with Gasteiger partial charge in [-0.15, -0.1) is 0 Å². The van der Waals surface area contributed by atoms with Crippen LogP contribution in [-0.4, -0.2) is 12.9 Å². The minimum atomic E-state index is -0.419. The lowest BCUT2D eigenvalue weighted by atomic mass is 9.72. The van der Waals surface area contributed by atoms with E-state index in [2.05, 4.69) is 39.6 Å². The van der Waals surface area contributed by atoms with E-state index >= 15 is 0 Å². The number of methoxy groups -OCH3 is 1. The van der Waals surface area contributed by atoms with Crippen molar-refractivity contribution in [3.63, 3.8) is 0 Å². The molecular formula is C28H31BrN4O2. The van der Waals surface area contributed by atoms with Gasteiger partial charge in [0.05, 0.1) is 36.0 Å². The molecule has 2 aromatic carbocycles. The Kier molecular flexibility index (Phi) is 7.51. The highest BCUT2D eigenvalue weighted by molar-refractivity contribution is 9.10. The molecule has 35 heavy (non-hydrogen) atoms. The fraction of sp³-hybridized carbons (Fsp3) is 0.357. The highest BCUT2D eigenvalue weighted by Crippen LogP contribution is 2.45. The van der Waals surface area contributed by atoms with Gasteiger partial charge in [0, 0.05) is 34.4 Å². The van der Waals surface area contributed by atoms with Gasteiger partial charge in [-0.2, -0.15) is 5.26 Å². The zero-order valence-electron chi connectivity index (χ0n) is 20.4. The maximum atomic E-state index is 13.3. The Bertz CT molecular complexity index is 1230. The van der Waals surface area contributed by atoms with Gasteiger partial charge in [-0.1, -0.05) is 25.5 Å². The third-order valence-corrected chi connectivity index (χ3v) is 7.43. The molecule has 0 amide bonds. The standard InChI is InChI=1S/C28H31BrN4O2/c1-4-6-17-10-24-27(25(34)11-17)26(21(14-30)16(2)33-24)19-12-22(29)28(23(31)13-19)32-15-18-7-5-8-20(9-18)35-3/h5,7-9,12-13,17,26,32-33H,4,6,10-11,15,31H2,1-3H3. The van der Waals surface area contributed by atoms with E-state index in [1.807, 2.05) is 43.3 Å². The average molecular weight is 535 g/mol. The zero-order chi connectivity index (χ0) is 25.1. The summed E-state index contributed by atoms with van der Waals surface area (Å²) in [6.45, 7) is 4.63. The monoisotopic (exact) mass is 534 g/mol. The first kappa shape index (κ1) is 24.9. The van der Waals surface area contributed by atoms with Crippen molar-refractivity contribution in [3.8, 4) is 11.8 Å². The van der Waals surface area contributed by atoms with E-state index in [0.29, 0.717) is 35.7 Å². The Morgan fingerprint density at radius 1 is 1.29 bits per heavy atom. The Morgan fingerprint density at radius 3 is 2.77 bits per heavy atom. The van der Waals surface area contributed by atoms with E-state index in [9.17, 15) is 10.1 Å². The van der Waals surface area contributed by atoms with Crippen LogP contribution in [0.2, 0.25) is 0 Å². The molecule has 1 heterocycles. The van der Waals surface area contributed by atoms with Crippen LogP contribution in [0.25, 0.3) is 0 Å². The molecule has 2 aromatic rings. The lowest BCUT2D eigenvalue weighted by Crippen LogP contribution is -2.34. The maximum Gasteiger partial charge on any atom is 0.161 e. The molecule has 4 rings (SSSR count). The predicted octanol–water partition coefficient (Wildman–Crippen LogP) is 6.17.